The van der Waals surface area contributed by atoms with Crippen LogP contribution >= 0.6 is 0 Å². The molecular formula is C11H18N3+. The Bertz CT molecular complexity index is 387. The first kappa shape index (κ1) is 9.31. The number of hydrogen-bond acceptors (Lipinski definition) is 1. The van der Waals surface area contributed by atoms with Crippen LogP contribution < -0.4 is 9.88 Å². The van der Waals surface area contributed by atoms with Crippen LogP contribution in [0.4, 0.5) is 5.82 Å². The molecule has 2 N–H and O–H groups in total. The van der Waals surface area contributed by atoms with Crippen molar-refractivity contribution in [3.05, 3.63) is 17.6 Å². The van der Waals surface area contributed by atoms with E-state index < -0.39 is 0 Å². The van der Waals surface area contributed by atoms with Gasteiger partial charge in [0.05, 0.1) is 13.1 Å². The van der Waals surface area contributed by atoms with Crippen molar-refractivity contribution in [1.29, 1.82) is 0 Å². The first-order valence-corrected chi connectivity index (χ1v) is 5.19. The molecular weight excluding hydrogens is 174 g/mol. The number of fused-ring (bicyclic) bond motifs is 1. The molecule has 1 atom stereocenters. The van der Waals surface area contributed by atoms with Crippen molar-refractivity contribution in [3.8, 4) is 0 Å². The van der Waals surface area contributed by atoms with Gasteiger partial charge in [-0.2, -0.15) is 0 Å². The average molecular weight is 192 g/mol. The summed E-state index contributed by atoms with van der Waals surface area (Å²) in [5.41, 5.74) is 2.57. The van der Waals surface area contributed by atoms with Gasteiger partial charge in [-0.15, -0.1) is 0 Å². The molecule has 76 valence electrons. The Kier molecular flexibility index (Phi) is 2.10. The van der Waals surface area contributed by atoms with Crippen molar-refractivity contribution in [1.82, 2.24) is 4.98 Å². The molecule has 0 saturated carbocycles. The van der Waals surface area contributed by atoms with Crippen molar-refractivity contribution in [2.45, 2.75) is 33.2 Å². The van der Waals surface area contributed by atoms with E-state index in [1.54, 1.807) is 0 Å². The van der Waals surface area contributed by atoms with Crippen LogP contribution in [0.15, 0.2) is 6.08 Å². The summed E-state index contributed by atoms with van der Waals surface area (Å²) in [6, 6.07) is 0.425. The predicted molar refractivity (Wildman–Crippen MR) is 58.1 cm³/mol. The topological polar surface area (TPSA) is 31.7 Å². The minimum atomic E-state index is 0.425. The second kappa shape index (κ2) is 3.15. The highest BCUT2D eigenvalue weighted by Gasteiger charge is 2.26. The number of aryl methyl sites for hydroxylation is 1. The summed E-state index contributed by atoms with van der Waals surface area (Å²) in [6.45, 7) is 6.50. The van der Waals surface area contributed by atoms with Gasteiger partial charge in [-0.3, -0.25) is 10.3 Å². The molecule has 0 aliphatic carbocycles. The van der Waals surface area contributed by atoms with Crippen molar-refractivity contribution in [3.63, 3.8) is 0 Å². The molecule has 1 aliphatic heterocycles. The van der Waals surface area contributed by atoms with Crippen LogP contribution in [-0.2, 0) is 13.5 Å². The van der Waals surface area contributed by atoms with E-state index in [1.807, 2.05) is 0 Å². The maximum absolute atomic E-state index is 3.47. The van der Waals surface area contributed by atoms with Crippen LogP contribution in [0.5, 0.6) is 0 Å². The van der Waals surface area contributed by atoms with E-state index in [0.717, 1.165) is 6.42 Å². The molecule has 1 aromatic rings. The zero-order valence-electron chi connectivity index (χ0n) is 9.31. The number of imidazole rings is 1. The third-order valence-electron chi connectivity index (χ3n) is 2.84. The number of aromatic amines is 1. The van der Waals surface area contributed by atoms with E-state index in [2.05, 4.69) is 48.8 Å². The van der Waals surface area contributed by atoms with Gasteiger partial charge in [0.15, 0.2) is 5.69 Å². The van der Waals surface area contributed by atoms with Gasteiger partial charge in [0.1, 0.15) is 0 Å². The van der Waals surface area contributed by atoms with Crippen LogP contribution in [0.25, 0.3) is 5.57 Å². The Labute approximate surface area is 84.8 Å². The molecule has 1 unspecified atom stereocenters. The molecule has 0 fully saturated rings. The Morgan fingerprint density at radius 1 is 1.50 bits per heavy atom. The molecule has 0 amide bonds. The third-order valence-corrected chi connectivity index (χ3v) is 2.84. The minimum Gasteiger partial charge on any atom is -0.297 e. The highest BCUT2D eigenvalue weighted by molar-refractivity contribution is 5.72. The second-order valence-corrected chi connectivity index (χ2v) is 3.99. The van der Waals surface area contributed by atoms with Gasteiger partial charge in [-0.05, 0) is 25.5 Å². The minimum absolute atomic E-state index is 0.425. The number of rotatable bonds is 1. The van der Waals surface area contributed by atoms with E-state index in [-0.39, 0.29) is 0 Å². The molecule has 0 aromatic carbocycles. The number of H-pyrrole nitrogens is 1. The second-order valence-electron chi connectivity index (χ2n) is 3.99. The zero-order chi connectivity index (χ0) is 10.3. The van der Waals surface area contributed by atoms with Gasteiger partial charge in [0, 0.05) is 6.42 Å². The van der Waals surface area contributed by atoms with Crippen LogP contribution in [0.3, 0.4) is 0 Å². The van der Waals surface area contributed by atoms with Gasteiger partial charge in [-0.25, -0.2) is 4.57 Å². The molecule has 1 aliphatic rings. The normalized spacial score (nSPS) is 20.0. The molecule has 0 saturated heterocycles. The summed E-state index contributed by atoms with van der Waals surface area (Å²) in [6.07, 6.45) is 3.28. The number of anilines is 1. The fraction of sp³-hybridized carbons (Fsp3) is 0.545. The Balaban J connectivity index is 2.55. The average Bonchev–Trinajstić information content (AvgIpc) is 2.44. The summed E-state index contributed by atoms with van der Waals surface area (Å²) in [4.78, 5) is 3.45. The summed E-state index contributed by atoms with van der Waals surface area (Å²) in [5, 5.41) is 3.47. The lowest BCUT2D eigenvalue weighted by molar-refractivity contribution is -0.664. The third kappa shape index (κ3) is 1.24. The lowest BCUT2D eigenvalue weighted by Gasteiger charge is -2.13. The van der Waals surface area contributed by atoms with Gasteiger partial charge in [-0.1, -0.05) is 6.92 Å². The largest absolute Gasteiger partial charge is 0.297 e. The van der Waals surface area contributed by atoms with E-state index in [1.165, 1.54) is 22.9 Å². The van der Waals surface area contributed by atoms with Crippen LogP contribution in [0.1, 0.15) is 32.3 Å². The van der Waals surface area contributed by atoms with E-state index >= 15 is 0 Å². The maximum atomic E-state index is 3.47. The molecule has 0 bridgehead atoms. The lowest BCUT2D eigenvalue weighted by Crippen LogP contribution is -2.36. The van der Waals surface area contributed by atoms with E-state index in [9.17, 15) is 0 Å². The standard InChI is InChI=1S/C11H17N3/c1-5-9-13-10-7(2)6-8(3)12-11(10)14(9)4/h6,8,12H,5H2,1-4H3/p+1. The van der Waals surface area contributed by atoms with Crippen LogP contribution in [0, 0.1) is 0 Å². The number of allylic oxidation sites excluding steroid dienone is 1. The Morgan fingerprint density at radius 2 is 2.21 bits per heavy atom. The number of aromatic nitrogens is 2. The first-order valence-electron chi connectivity index (χ1n) is 5.19. The van der Waals surface area contributed by atoms with E-state index in [4.69, 9.17) is 0 Å². The fourth-order valence-corrected chi connectivity index (χ4v) is 2.09. The molecule has 2 rings (SSSR count). The van der Waals surface area contributed by atoms with Crippen molar-refractivity contribution >= 4 is 11.4 Å². The van der Waals surface area contributed by atoms with Gasteiger partial charge < -0.3 is 0 Å². The van der Waals surface area contributed by atoms with Gasteiger partial charge in [0.2, 0.25) is 5.82 Å². The van der Waals surface area contributed by atoms with E-state index in [0.29, 0.717) is 6.04 Å². The molecule has 0 spiro atoms. The SMILES string of the molecule is CCc1[nH]c2c([n+]1C)NC(C)C=C2C. The number of nitrogens with one attached hydrogen (secondary N) is 2. The zero-order valence-corrected chi connectivity index (χ0v) is 9.31. The van der Waals surface area contributed by atoms with Crippen molar-refractivity contribution < 1.29 is 4.57 Å². The Hall–Kier alpha value is -1.25. The Morgan fingerprint density at radius 3 is 2.86 bits per heavy atom. The maximum Gasteiger partial charge on any atom is 0.261 e. The first-order chi connectivity index (χ1) is 6.63. The fourth-order valence-electron chi connectivity index (χ4n) is 2.09. The molecule has 14 heavy (non-hydrogen) atoms. The quantitative estimate of drug-likeness (QED) is 0.651. The lowest BCUT2D eigenvalue weighted by atomic mass is 10.1. The van der Waals surface area contributed by atoms with Gasteiger partial charge in [0.25, 0.3) is 5.82 Å². The highest BCUT2D eigenvalue weighted by atomic mass is 15.2. The summed E-state index contributed by atoms with van der Waals surface area (Å²) in [5.74, 6) is 2.48. The van der Waals surface area contributed by atoms with Crippen LogP contribution in [-0.4, -0.2) is 11.0 Å². The highest BCUT2D eigenvalue weighted by Crippen LogP contribution is 2.25. The molecule has 2 heterocycles. The van der Waals surface area contributed by atoms with Crippen molar-refractivity contribution in [2.24, 2.45) is 7.05 Å². The monoisotopic (exact) mass is 192 g/mol. The molecule has 3 nitrogen and oxygen atoms in total. The molecule has 3 heteroatoms. The number of hydrogen-bond donors (Lipinski definition) is 2. The summed E-state index contributed by atoms with van der Waals surface area (Å²) in [7, 11) is 2.10. The van der Waals surface area contributed by atoms with Gasteiger partial charge >= 0.3 is 0 Å². The molecule has 1 aromatic heterocycles. The van der Waals surface area contributed by atoms with Crippen molar-refractivity contribution in [2.75, 3.05) is 5.32 Å². The summed E-state index contributed by atoms with van der Waals surface area (Å²) < 4.78 is 2.21. The summed E-state index contributed by atoms with van der Waals surface area (Å²) >= 11 is 0. The van der Waals surface area contributed by atoms with Crippen LogP contribution in [0.2, 0.25) is 0 Å². The number of nitrogens with zero attached hydrogens (tertiary/aromatic N) is 1. The smallest absolute Gasteiger partial charge is 0.261 e. The molecule has 0 radical (unpaired) electrons. The predicted octanol–water partition coefficient (Wildman–Crippen LogP) is 1.62.